The van der Waals surface area contributed by atoms with E-state index in [-0.39, 0.29) is 12.5 Å². The molecule has 0 aromatic carbocycles. The molecule has 1 aromatic heterocycles. The van der Waals surface area contributed by atoms with Gasteiger partial charge in [0.25, 0.3) is 5.91 Å². The van der Waals surface area contributed by atoms with Crippen LogP contribution in [0.25, 0.3) is 0 Å². The van der Waals surface area contributed by atoms with Crippen LogP contribution in [-0.4, -0.2) is 17.4 Å². The summed E-state index contributed by atoms with van der Waals surface area (Å²) in [5.74, 6) is 1.98. The van der Waals surface area contributed by atoms with E-state index in [1.54, 1.807) is 6.07 Å². The van der Waals surface area contributed by atoms with Crippen LogP contribution in [0.15, 0.2) is 18.5 Å². The van der Waals surface area contributed by atoms with Crippen LogP contribution in [0.2, 0.25) is 5.02 Å². The zero-order valence-corrected chi connectivity index (χ0v) is 7.51. The SMILES string of the molecule is C#CCNC(=O)c1cnccc1Cl. The highest BCUT2D eigenvalue weighted by Crippen LogP contribution is 2.12. The molecule has 1 aromatic rings. The maximum Gasteiger partial charge on any atom is 0.255 e. The van der Waals surface area contributed by atoms with Crippen LogP contribution in [0, 0.1) is 12.3 Å². The first-order valence-corrected chi connectivity index (χ1v) is 3.94. The summed E-state index contributed by atoms with van der Waals surface area (Å²) >= 11 is 5.75. The predicted molar refractivity (Wildman–Crippen MR) is 50.4 cm³/mol. The summed E-state index contributed by atoms with van der Waals surface area (Å²) in [6.07, 6.45) is 7.89. The minimum Gasteiger partial charge on any atom is -0.341 e. The minimum atomic E-state index is -0.309. The van der Waals surface area contributed by atoms with Gasteiger partial charge in [0, 0.05) is 12.4 Å². The fourth-order valence-corrected chi connectivity index (χ4v) is 0.962. The molecule has 0 saturated carbocycles. The van der Waals surface area contributed by atoms with Crippen molar-refractivity contribution in [2.24, 2.45) is 0 Å². The lowest BCUT2D eigenvalue weighted by molar-refractivity contribution is 0.0958. The molecule has 0 spiro atoms. The standard InChI is InChI=1S/C9H7ClN2O/c1-2-4-12-9(13)7-6-11-5-3-8(7)10/h1,3,5-6H,4H2,(H,12,13). The zero-order chi connectivity index (χ0) is 9.68. The Morgan fingerprint density at radius 2 is 2.54 bits per heavy atom. The number of halogens is 1. The molecule has 66 valence electrons. The van der Waals surface area contributed by atoms with Gasteiger partial charge < -0.3 is 5.32 Å². The first-order valence-electron chi connectivity index (χ1n) is 3.57. The van der Waals surface area contributed by atoms with E-state index in [2.05, 4.69) is 16.2 Å². The zero-order valence-electron chi connectivity index (χ0n) is 6.75. The summed E-state index contributed by atoms with van der Waals surface area (Å²) in [4.78, 5) is 15.1. The average Bonchev–Trinajstić information content (AvgIpc) is 2.15. The van der Waals surface area contributed by atoms with Gasteiger partial charge in [-0.15, -0.1) is 6.42 Å². The van der Waals surface area contributed by atoms with Gasteiger partial charge in [-0.25, -0.2) is 0 Å². The summed E-state index contributed by atoms with van der Waals surface area (Å²) in [5, 5.41) is 2.86. The molecule has 0 aliphatic rings. The molecule has 4 heteroatoms. The molecule has 0 bridgehead atoms. The van der Waals surface area contributed by atoms with E-state index in [0.29, 0.717) is 10.6 Å². The molecule has 1 heterocycles. The van der Waals surface area contributed by atoms with Crippen LogP contribution >= 0.6 is 11.6 Å². The van der Waals surface area contributed by atoms with Crippen molar-refractivity contribution in [3.05, 3.63) is 29.0 Å². The van der Waals surface area contributed by atoms with Gasteiger partial charge >= 0.3 is 0 Å². The molecule has 1 rings (SSSR count). The Kier molecular flexibility index (Phi) is 3.30. The molecule has 0 aliphatic carbocycles. The minimum absolute atomic E-state index is 0.185. The van der Waals surface area contributed by atoms with Gasteiger partial charge in [-0.3, -0.25) is 9.78 Å². The molecule has 3 nitrogen and oxygen atoms in total. The third-order valence-electron chi connectivity index (χ3n) is 1.36. The number of carbonyl (C=O) groups is 1. The summed E-state index contributed by atoms with van der Waals surface area (Å²) in [6, 6.07) is 1.55. The number of carbonyl (C=O) groups excluding carboxylic acids is 1. The van der Waals surface area contributed by atoms with Crippen LogP contribution in [0.1, 0.15) is 10.4 Å². The topological polar surface area (TPSA) is 42.0 Å². The van der Waals surface area contributed by atoms with E-state index in [4.69, 9.17) is 18.0 Å². The quantitative estimate of drug-likeness (QED) is 0.717. The van der Waals surface area contributed by atoms with Crippen molar-refractivity contribution in [3.8, 4) is 12.3 Å². The number of aromatic nitrogens is 1. The van der Waals surface area contributed by atoms with E-state index in [9.17, 15) is 4.79 Å². The molecule has 13 heavy (non-hydrogen) atoms. The number of rotatable bonds is 2. The van der Waals surface area contributed by atoms with Crippen molar-refractivity contribution in [1.82, 2.24) is 10.3 Å². The second kappa shape index (κ2) is 4.48. The largest absolute Gasteiger partial charge is 0.341 e. The molecule has 0 fully saturated rings. The number of hydrogen-bond acceptors (Lipinski definition) is 2. The third kappa shape index (κ3) is 2.46. The average molecular weight is 195 g/mol. The number of terminal acetylenes is 1. The number of pyridine rings is 1. The van der Waals surface area contributed by atoms with Gasteiger partial charge in [0.05, 0.1) is 17.1 Å². The first-order chi connectivity index (χ1) is 6.25. The van der Waals surface area contributed by atoms with Crippen LogP contribution < -0.4 is 5.32 Å². The van der Waals surface area contributed by atoms with Crippen molar-refractivity contribution in [3.63, 3.8) is 0 Å². The van der Waals surface area contributed by atoms with Gasteiger partial charge in [-0.05, 0) is 6.07 Å². The molecule has 0 radical (unpaired) electrons. The third-order valence-corrected chi connectivity index (χ3v) is 1.69. The van der Waals surface area contributed by atoms with Gasteiger partial charge in [-0.1, -0.05) is 17.5 Å². The van der Waals surface area contributed by atoms with Crippen molar-refractivity contribution in [2.75, 3.05) is 6.54 Å². The molecule has 1 amide bonds. The van der Waals surface area contributed by atoms with Crippen LogP contribution in [0.5, 0.6) is 0 Å². The highest BCUT2D eigenvalue weighted by Gasteiger charge is 2.07. The second-order valence-corrected chi connectivity index (χ2v) is 2.65. The van der Waals surface area contributed by atoms with Gasteiger partial charge in [-0.2, -0.15) is 0 Å². The number of amides is 1. The van der Waals surface area contributed by atoms with Crippen molar-refractivity contribution >= 4 is 17.5 Å². The summed E-state index contributed by atoms with van der Waals surface area (Å²) in [6.45, 7) is 0.185. The normalized spacial score (nSPS) is 8.92. The number of nitrogens with zero attached hydrogens (tertiary/aromatic N) is 1. The fraction of sp³-hybridized carbons (Fsp3) is 0.111. The van der Waals surface area contributed by atoms with Gasteiger partial charge in [0.1, 0.15) is 0 Å². The lowest BCUT2D eigenvalue weighted by Gasteiger charge is -2.01. The Balaban J connectivity index is 2.78. The molecule has 0 aliphatic heterocycles. The van der Waals surface area contributed by atoms with E-state index < -0.39 is 0 Å². The highest BCUT2D eigenvalue weighted by atomic mass is 35.5. The van der Waals surface area contributed by atoms with Crippen molar-refractivity contribution < 1.29 is 4.79 Å². The number of hydrogen-bond donors (Lipinski definition) is 1. The van der Waals surface area contributed by atoms with Crippen molar-refractivity contribution in [2.45, 2.75) is 0 Å². The maximum absolute atomic E-state index is 11.3. The molecule has 0 saturated heterocycles. The molecule has 0 atom stereocenters. The van der Waals surface area contributed by atoms with Crippen LogP contribution in [0.4, 0.5) is 0 Å². The Morgan fingerprint density at radius 1 is 1.77 bits per heavy atom. The smallest absolute Gasteiger partial charge is 0.255 e. The lowest BCUT2D eigenvalue weighted by Crippen LogP contribution is -2.23. The summed E-state index contributed by atoms with van der Waals surface area (Å²) < 4.78 is 0. The molecule has 0 unspecified atom stereocenters. The Bertz CT molecular complexity index is 357. The maximum atomic E-state index is 11.3. The predicted octanol–water partition coefficient (Wildman–Crippen LogP) is 1.10. The van der Waals surface area contributed by atoms with E-state index in [0.717, 1.165) is 0 Å². The van der Waals surface area contributed by atoms with Gasteiger partial charge in [0.15, 0.2) is 0 Å². The van der Waals surface area contributed by atoms with E-state index in [1.807, 2.05) is 0 Å². The highest BCUT2D eigenvalue weighted by molar-refractivity contribution is 6.33. The Hall–Kier alpha value is -1.53. The van der Waals surface area contributed by atoms with Crippen LogP contribution in [-0.2, 0) is 0 Å². The Labute approximate surface area is 81.1 Å². The molecular weight excluding hydrogens is 188 g/mol. The molecule has 1 N–H and O–H groups in total. The van der Waals surface area contributed by atoms with E-state index in [1.165, 1.54) is 12.4 Å². The Morgan fingerprint density at radius 3 is 3.15 bits per heavy atom. The van der Waals surface area contributed by atoms with Crippen molar-refractivity contribution in [1.29, 1.82) is 0 Å². The van der Waals surface area contributed by atoms with Crippen LogP contribution in [0.3, 0.4) is 0 Å². The lowest BCUT2D eigenvalue weighted by atomic mass is 10.2. The fourth-order valence-electron chi connectivity index (χ4n) is 0.771. The summed E-state index contributed by atoms with van der Waals surface area (Å²) in [7, 11) is 0. The summed E-state index contributed by atoms with van der Waals surface area (Å²) in [5.41, 5.74) is 0.333. The van der Waals surface area contributed by atoms with E-state index >= 15 is 0 Å². The molecular formula is C9H7ClN2O. The first kappa shape index (κ1) is 9.56. The number of nitrogens with one attached hydrogen (secondary N) is 1. The monoisotopic (exact) mass is 194 g/mol. The second-order valence-electron chi connectivity index (χ2n) is 2.24. The van der Waals surface area contributed by atoms with Gasteiger partial charge in [0.2, 0.25) is 0 Å².